The van der Waals surface area contributed by atoms with E-state index in [0.717, 1.165) is 17.9 Å². The summed E-state index contributed by atoms with van der Waals surface area (Å²) in [7, 11) is 0. The standard InChI is InChI=1S/C24H31N5O3.HI/c1-5-25-23(29-16-21-26-15-20(32-21)24(2,3)4)28-13-17-8-6-9-18(12-17)22(30)27-14-19-10-7-11-31-19;/h6-12,15H,5,13-14,16H2,1-4H3,(H,27,30)(H2,25,28,29);1H. The predicted molar refractivity (Wildman–Crippen MR) is 139 cm³/mol. The number of benzene rings is 1. The van der Waals surface area contributed by atoms with E-state index in [0.29, 0.717) is 42.8 Å². The number of nitrogens with one attached hydrogen (secondary N) is 3. The van der Waals surface area contributed by atoms with Gasteiger partial charge >= 0.3 is 0 Å². The maximum Gasteiger partial charge on any atom is 0.251 e. The van der Waals surface area contributed by atoms with E-state index in [1.165, 1.54) is 0 Å². The number of hydrogen-bond acceptors (Lipinski definition) is 5. The quantitative estimate of drug-likeness (QED) is 0.213. The van der Waals surface area contributed by atoms with Gasteiger partial charge in [0.25, 0.3) is 5.91 Å². The van der Waals surface area contributed by atoms with Gasteiger partial charge in [-0.1, -0.05) is 32.9 Å². The first kappa shape index (κ1) is 26.4. The molecule has 0 aliphatic heterocycles. The largest absolute Gasteiger partial charge is 0.467 e. The summed E-state index contributed by atoms with van der Waals surface area (Å²) in [5.41, 5.74) is 1.43. The molecule has 0 bridgehead atoms. The molecule has 1 aromatic carbocycles. The number of halogens is 1. The number of amides is 1. The van der Waals surface area contributed by atoms with Crippen molar-refractivity contribution in [3.8, 4) is 0 Å². The fourth-order valence-corrected chi connectivity index (χ4v) is 2.90. The summed E-state index contributed by atoms with van der Waals surface area (Å²) in [5.74, 6) is 2.65. The van der Waals surface area contributed by atoms with E-state index in [4.69, 9.17) is 8.83 Å². The third-order valence-corrected chi connectivity index (χ3v) is 4.66. The molecule has 2 heterocycles. The van der Waals surface area contributed by atoms with Gasteiger partial charge in [-0.3, -0.25) is 4.79 Å². The van der Waals surface area contributed by atoms with Crippen molar-refractivity contribution in [2.75, 3.05) is 6.54 Å². The Balaban J connectivity index is 0.00000385. The Morgan fingerprint density at radius 1 is 1.09 bits per heavy atom. The van der Waals surface area contributed by atoms with Crippen LogP contribution in [0.25, 0.3) is 0 Å². The number of rotatable bonds is 8. The Bertz CT molecular complexity index is 1040. The molecule has 9 heteroatoms. The highest BCUT2D eigenvalue weighted by molar-refractivity contribution is 14.0. The van der Waals surface area contributed by atoms with Crippen LogP contribution in [0.5, 0.6) is 0 Å². The minimum atomic E-state index is -0.157. The number of aromatic nitrogens is 1. The van der Waals surface area contributed by atoms with E-state index in [9.17, 15) is 4.79 Å². The molecule has 8 nitrogen and oxygen atoms in total. The third kappa shape index (κ3) is 8.23. The fraction of sp³-hybridized carbons (Fsp3) is 0.375. The van der Waals surface area contributed by atoms with E-state index in [2.05, 4.69) is 46.7 Å². The minimum Gasteiger partial charge on any atom is -0.467 e. The van der Waals surface area contributed by atoms with Crippen molar-refractivity contribution in [3.05, 3.63) is 77.4 Å². The van der Waals surface area contributed by atoms with Gasteiger partial charge in [-0.15, -0.1) is 24.0 Å². The van der Waals surface area contributed by atoms with Gasteiger partial charge < -0.3 is 24.8 Å². The zero-order chi connectivity index (χ0) is 23.0. The number of hydrogen-bond donors (Lipinski definition) is 3. The van der Waals surface area contributed by atoms with Gasteiger partial charge in [0.1, 0.15) is 11.5 Å². The number of carbonyl (C=O) groups excluding carboxylic acids is 1. The van der Waals surface area contributed by atoms with Crippen molar-refractivity contribution < 1.29 is 13.6 Å². The third-order valence-electron chi connectivity index (χ3n) is 4.66. The number of nitrogens with zero attached hydrogens (tertiary/aromatic N) is 2. The lowest BCUT2D eigenvalue weighted by Crippen LogP contribution is -2.36. The molecule has 0 saturated heterocycles. The fourth-order valence-electron chi connectivity index (χ4n) is 2.90. The molecule has 0 fully saturated rings. The summed E-state index contributed by atoms with van der Waals surface area (Å²) in [5, 5.41) is 9.31. The topological polar surface area (TPSA) is 105 Å². The van der Waals surface area contributed by atoms with Crippen LogP contribution in [0.15, 0.2) is 62.7 Å². The molecule has 0 spiro atoms. The first-order valence-electron chi connectivity index (χ1n) is 10.7. The van der Waals surface area contributed by atoms with Crippen LogP contribution in [0, 0.1) is 0 Å². The second-order valence-electron chi connectivity index (χ2n) is 8.38. The lowest BCUT2D eigenvalue weighted by atomic mass is 9.94. The van der Waals surface area contributed by atoms with Crippen LogP contribution >= 0.6 is 24.0 Å². The number of guanidine groups is 1. The molecule has 178 valence electrons. The van der Waals surface area contributed by atoms with Gasteiger partial charge in [0.05, 0.1) is 32.1 Å². The van der Waals surface area contributed by atoms with Gasteiger partial charge in [0, 0.05) is 17.5 Å². The van der Waals surface area contributed by atoms with E-state index >= 15 is 0 Å². The summed E-state index contributed by atoms with van der Waals surface area (Å²) in [6, 6.07) is 11.0. The molecule has 0 radical (unpaired) electrons. The first-order valence-corrected chi connectivity index (χ1v) is 10.7. The molecule has 0 unspecified atom stereocenters. The van der Waals surface area contributed by atoms with Crippen molar-refractivity contribution in [3.63, 3.8) is 0 Å². The average molecular weight is 565 g/mol. The highest BCUT2D eigenvalue weighted by Crippen LogP contribution is 2.22. The molecule has 3 N–H and O–H groups in total. The van der Waals surface area contributed by atoms with Crippen LogP contribution in [-0.2, 0) is 25.0 Å². The minimum absolute atomic E-state index is 0. The van der Waals surface area contributed by atoms with Crippen LogP contribution in [0.4, 0.5) is 0 Å². The molecule has 3 rings (SSSR count). The van der Waals surface area contributed by atoms with Gasteiger partial charge in [0.15, 0.2) is 5.96 Å². The molecule has 0 aliphatic rings. The number of furan rings is 1. The van der Waals surface area contributed by atoms with Crippen LogP contribution in [0.2, 0.25) is 0 Å². The van der Waals surface area contributed by atoms with E-state index in [-0.39, 0.29) is 35.3 Å². The second-order valence-corrected chi connectivity index (χ2v) is 8.38. The average Bonchev–Trinajstić information content (AvgIpc) is 3.46. The van der Waals surface area contributed by atoms with E-state index in [1.54, 1.807) is 24.6 Å². The Morgan fingerprint density at radius 2 is 1.91 bits per heavy atom. The highest BCUT2D eigenvalue weighted by Gasteiger charge is 2.19. The molecule has 2 aromatic heterocycles. The number of oxazole rings is 1. The zero-order valence-electron chi connectivity index (χ0n) is 19.5. The van der Waals surface area contributed by atoms with Crippen molar-refractivity contribution in [1.82, 2.24) is 20.9 Å². The van der Waals surface area contributed by atoms with Crippen LogP contribution in [0.3, 0.4) is 0 Å². The SMILES string of the molecule is CCNC(=NCc1cccc(C(=O)NCc2ccco2)c1)NCc1ncc(C(C)(C)C)o1.I. The Hall–Kier alpha value is -2.82. The number of aliphatic imine (C=N–C) groups is 1. The summed E-state index contributed by atoms with van der Waals surface area (Å²) in [6.07, 6.45) is 3.35. The van der Waals surface area contributed by atoms with Crippen LogP contribution < -0.4 is 16.0 Å². The van der Waals surface area contributed by atoms with Gasteiger partial charge in [-0.05, 0) is 36.8 Å². The molecule has 0 atom stereocenters. The normalized spacial score (nSPS) is 11.6. The Morgan fingerprint density at radius 3 is 2.58 bits per heavy atom. The van der Waals surface area contributed by atoms with Crippen molar-refractivity contribution in [2.24, 2.45) is 4.99 Å². The molecule has 1 amide bonds. The molecule has 0 aliphatic carbocycles. The summed E-state index contributed by atoms with van der Waals surface area (Å²) < 4.78 is 11.1. The first-order chi connectivity index (χ1) is 15.3. The van der Waals surface area contributed by atoms with E-state index < -0.39 is 0 Å². The molecule has 3 aromatic rings. The smallest absolute Gasteiger partial charge is 0.251 e. The molecule has 33 heavy (non-hydrogen) atoms. The summed E-state index contributed by atoms with van der Waals surface area (Å²) in [4.78, 5) is 21.4. The monoisotopic (exact) mass is 565 g/mol. The highest BCUT2D eigenvalue weighted by atomic mass is 127. The van der Waals surface area contributed by atoms with Gasteiger partial charge in [-0.25, -0.2) is 9.98 Å². The zero-order valence-corrected chi connectivity index (χ0v) is 21.8. The predicted octanol–water partition coefficient (Wildman–Crippen LogP) is 4.37. The molecular weight excluding hydrogens is 533 g/mol. The van der Waals surface area contributed by atoms with Crippen LogP contribution in [0.1, 0.15) is 61.0 Å². The lowest BCUT2D eigenvalue weighted by molar-refractivity contribution is 0.0948. The molecule has 0 saturated carbocycles. The van der Waals surface area contributed by atoms with Crippen molar-refractivity contribution in [2.45, 2.75) is 52.7 Å². The number of carbonyl (C=O) groups is 1. The molecular formula is C24H32IN5O3. The Kier molecular flexibility index (Phi) is 9.95. The van der Waals surface area contributed by atoms with Crippen molar-refractivity contribution in [1.29, 1.82) is 0 Å². The van der Waals surface area contributed by atoms with Crippen molar-refractivity contribution >= 4 is 35.8 Å². The summed E-state index contributed by atoms with van der Waals surface area (Å²) >= 11 is 0. The van der Waals surface area contributed by atoms with Crippen LogP contribution in [-0.4, -0.2) is 23.4 Å². The summed E-state index contributed by atoms with van der Waals surface area (Å²) in [6.45, 7) is 10.2. The van der Waals surface area contributed by atoms with E-state index in [1.807, 2.05) is 31.2 Å². The Labute approximate surface area is 211 Å². The maximum absolute atomic E-state index is 12.4. The maximum atomic E-state index is 12.4. The van der Waals surface area contributed by atoms with Gasteiger partial charge in [0.2, 0.25) is 5.89 Å². The van der Waals surface area contributed by atoms with Gasteiger partial charge in [-0.2, -0.15) is 0 Å². The second kappa shape index (κ2) is 12.4. The lowest BCUT2D eigenvalue weighted by Gasteiger charge is -2.13.